The van der Waals surface area contributed by atoms with Gasteiger partial charge in [-0.2, -0.15) is 0 Å². The number of hydrogen-bond donors (Lipinski definition) is 1. The van der Waals surface area contributed by atoms with Crippen LogP contribution in [0.15, 0.2) is 52.4 Å². The smallest absolute Gasteiger partial charge is 0.335 e. The average Bonchev–Trinajstić information content (AvgIpc) is 2.90. The molecule has 0 atom stereocenters. The van der Waals surface area contributed by atoms with Crippen molar-refractivity contribution in [3.63, 3.8) is 0 Å². The lowest BCUT2D eigenvalue weighted by atomic mass is 10.1. The van der Waals surface area contributed by atoms with Crippen LogP contribution in [-0.4, -0.2) is 41.2 Å². The molecule has 27 heavy (non-hydrogen) atoms. The summed E-state index contributed by atoms with van der Waals surface area (Å²) in [5.74, 6) is -0.377. The van der Waals surface area contributed by atoms with E-state index in [4.69, 9.17) is 9.84 Å². The number of amidine groups is 1. The fraction of sp³-hybridized carbons (Fsp3) is 0.150. The minimum atomic E-state index is -1.02. The number of methoxy groups -OCH3 is 1. The van der Waals surface area contributed by atoms with Crippen LogP contribution in [0.25, 0.3) is 6.08 Å². The van der Waals surface area contributed by atoms with Crippen molar-refractivity contribution in [1.29, 1.82) is 0 Å². The summed E-state index contributed by atoms with van der Waals surface area (Å²) in [4.78, 5) is 30.1. The Labute approximate surface area is 161 Å². The van der Waals surface area contributed by atoms with Gasteiger partial charge >= 0.3 is 5.97 Å². The highest BCUT2D eigenvalue weighted by Crippen LogP contribution is 2.33. The van der Waals surface area contributed by atoms with Crippen LogP contribution in [-0.2, 0) is 4.79 Å². The Morgan fingerprint density at radius 3 is 2.70 bits per heavy atom. The van der Waals surface area contributed by atoms with Gasteiger partial charge in [-0.05, 0) is 66.2 Å². The third kappa shape index (κ3) is 4.03. The third-order valence-corrected chi connectivity index (χ3v) is 5.10. The zero-order chi connectivity index (χ0) is 19.6. The maximum atomic E-state index is 12.5. The van der Waals surface area contributed by atoms with Gasteiger partial charge in [0.2, 0.25) is 0 Å². The van der Waals surface area contributed by atoms with Crippen LogP contribution < -0.4 is 4.74 Å². The second kappa shape index (κ2) is 7.67. The van der Waals surface area contributed by atoms with E-state index in [1.807, 2.05) is 31.2 Å². The average molecular weight is 382 g/mol. The summed E-state index contributed by atoms with van der Waals surface area (Å²) in [6, 6.07) is 12.0. The Bertz CT molecular complexity index is 982. The van der Waals surface area contributed by atoms with Gasteiger partial charge in [-0.15, -0.1) is 0 Å². The minimum absolute atomic E-state index is 0.151. The number of carbonyl (C=O) groups is 2. The number of ether oxygens (including phenoxy) is 1. The highest BCUT2D eigenvalue weighted by atomic mass is 32.2. The van der Waals surface area contributed by atoms with Crippen LogP contribution in [0.2, 0.25) is 0 Å². The molecule has 0 aromatic heterocycles. The summed E-state index contributed by atoms with van der Waals surface area (Å²) in [5.41, 5.74) is 2.51. The Balaban J connectivity index is 1.89. The quantitative estimate of drug-likeness (QED) is 0.811. The molecule has 6 nitrogen and oxygen atoms in total. The minimum Gasteiger partial charge on any atom is -0.496 e. The first-order valence-corrected chi connectivity index (χ1v) is 8.95. The molecule has 1 amide bonds. The van der Waals surface area contributed by atoms with E-state index >= 15 is 0 Å². The van der Waals surface area contributed by atoms with Gasteiger partial charge in [0.1, 0.15) is 5.75 Å². The fourth-order valence-corrected chi connectivity index (χ4v) is 3.60. The van der Waals surface area contributed by atoms with Gasteiger partial charge in [-0.1, -0.05) is 12.1 Å². The molecule has 1 N–H and O–H groups in total. The van der Waals surface area contributed by atoms with E-state index in [9.17, 15) is 9.59 Å². The number of aliphatic imine (C=N–C) groups is 1. The molecule has 0 aliphatic carbocycles. The number of aromatic carboxylic acids is 1. The molecule has 138 valence electrons. The van der Waals surface area contributed by atoms with E-state index in [1.165, 1.54) is 28.8 Å². The third-order valence-electron chi connectivity index (χ3n) is 4.04. The summed E-state index contributed by atoms with van der Waals surface area (Å²) >= 11 is 1.26. The number of thioether (sulfide) groups is 1. The van der Waals surface area contributed by atoms with Crippen molar-refractivity contribution in [2.24, 2.45) is 4.99 Å². The van der Waals surface area contributed by atoms with E-state index in [1.54, 1.807) is 26.3 Å². The van der Waals surface area contributed by atoms with Gasteiger partial charge in [-0.25, -0.2) is 9.79 Å². The van der Waals surface area contributed by atoms with Crippen LogP contribution in [0.4, 0.5) is 5.69 Å². The van der Waals surface area contributed by atoms with Gasteiger partial charge in [0.05, 0.1) is 23.3 Å². The van der Waals surface area contributed by atoms with Gasteiger partial charge in [0.15, 0.2) is 5.17 Å². The van der Waals surface area contributed by atoms with Crippen molar-refractivity contribution in [3.05, 3.63) is 64.1 Å². The van der Waals surface area contributed by atoms with Crippen molar-refractivity contribution in [3.8, 4) is 5.75 Å². The maximum Gasteiger partial charge on any atom is 0.335 e. The van der Waals surface area contributed by atoms with E-state index in [-0.39, 0.29) is 11.5 Å². The summed E-state index contributed by atoms with van der Waals surface area (Å²) < 4.78 is 5.26. The number of aryl methyl sites for hydroxylation is 1. The molecular weight excluding hydrogens is 364 g/mol. The predicted molar refractivity (Wildman–Crippen MR) is 107 cm³/mol. The molecule has 1 fully saturated rings. The van der Waals surface area contributed by atoms with Crippen LogP contribution in [0.3, 0.4) is 0 Å². The summed E-state index contributed by atoms with van der Waals surface area (Å²) in [6.07, 6.45) is 1.81. The molecule has 2 aromatic rings. The van der Waals surface area contributed by atoms with Crippen molar-refractivity contribution < 1.29 is 19.4 Å². The lowest BCUT2D eigenvalue weighted by molar-refractivity contribution is -0.121. The van der Waals surface area contributed by atoms with E-state index in [0.29, 0.717) is 15.8 Å². The van der Waals surface area contributed by atoms with Crippen LogP contribution in [0.1, 0.15) is 21.5 Å². The van der Waals surface area contributed by atoms with Crippen molar-refractivity contribution >= 4 is 40.6 Å². The summed E-state index contributed by atoms with van der Waals surface area (Å²) in [5, 5.41) is 9.59. The molecule has 1 heterocycles. The molecule has 7 heteroatoms. The number of carbonyl (C=O) groups excluding carboxylic acids is 1. The van der Waals surface area contributed by atoms with Crippen molar-refractivity contribution in [2.45, 2.75) is 6.92 Å². The largest absolute Gasteiger partial charge is 0.496 e. The molecule has 3 rings (SSSR count). The van der Waals surface area contributed by atoms with E-state index in [2.05, 4.69) is 4.99 Å². The molecule has 1 aliphatic heterocycles. The number of nitrogens with zero attached hydrogens (tertiary/aromatic N) is 2. The lowest BCUT2D eigenvalue weighted by Gasteiger charge is -2.07. The van der Waals surface area contributed by atoms with Gasteiger partial charge in [0, 0.05) is 7.05 Å². The highest BCUT2D eigenvalue weighted by molar-refractivity contribution is 8.18. The first-order valence-electron chi connectivity index (χ1n) is 8.13. The molecular formula is C20H18N2O4S. The predicted octanol–water partition coefficient (Wildman–Crippen LogP) is 3.94. The van der Waals surface area contributed by atoms with Gasteiger partial charge < -0.3 is 9.84 Å². The molecule has 2 aromatic carbocycles. The SMILES string of the molecule is COc1ccc(C=C2SC(=Nc3cccc(C(=O)O)c3)N(C)C2=O)cc1C. The number of carboxylic acids is 1. The second-order valence-electron chi connectivity index (χ2n) is 5.95. The van der Waals surface area contributed by atoms with E-state index in [0.717, 1.165) is 16.9 Å². The molecule has 1 saturated heterocycles. The molecule has 0 unspecified atom stereocenters. The van der Waals surface area contributed by atoms with Gasteiger partial charge in [0.25, 0.3) is 5.91 Å². The topological polar surface area (TPSA) is 79.2 Å². The number of carboxylic acid groups (broad SMARTS) is 1. The van der Waals surface area contributed by atoms with Crippen LogP contribution in [0.5, 0.6) is 5.75 Å². The summed E-state index contributed by atoms with van der Waals surface area (Å²) in [7, 11) is 3.27. The second-order valence-corrected chi connectivity index (χ2v) is 6.96. The number of hydrogen-bond acceptors (Lipinski definition) is 5. The van der Waals surface area contributed by atoms with Crippen molar-refractivity contribution in [2.75, 3.05) is 14.2 Å². The normalized spacial score (nSPS) is 17.0. The Kier molecular flexibility index (Phi) is 5.32. The number of likely N-dealkylation sites (N-methyl/N-ethyl adjacent to an activating group) is 1. The number of benzene rings is 2. The molecule has 0 radical (unpaired) electrons. The zero-order valence-corrected chi connectivity index (χ0v) is 15.9. The zero-order valence-electron chi connectivity index (χ0n) is 15.1. The number of rotatable bonds is 4. The molecule has 0 saturated carbocycles. The van der Waals surface area contributed by atoms with Crippen LogP contribution >= 0.6 is 11.8 Å². The van der Waals surface area contributed by atoms with Crippen LogP contribution in [0, 0.1) is 6.92 Å². The molecule has 0 bridgehead atoms. The highest BCUT2D eigenvalue weighted by Gasteiger charge is 2.30. The summed E-state index contributed by atoms with van der Waals surface area (Å²) in [6.45, 7) is 1.94. The Hall–Kier alpha value is -3.06. The monoisotopic (exact) mass is 382 g/mol. The Morgan fingerprint density at radius 1 is 1.26 bits per heavy atom. The Morgan fingerprint density at radius 2 is 2.04 bits per heavy atom. The first kappa shape index (κ1) is 18.7. The molecule has 0 spiro atoms. The standard InChI is InChI=1S/C20H18N2O4S/c1-12-9-13(7-8-16(12)26-3)10-17-18(23)22(2)20(27-17)21-15-6-4-5-14(11-15)19(24)25/h4-11H,1-3H3,(H,24,25). The maximum absolute atomic E-state index is 12.5. The van der Waals surface area contributed by atoms with E-state index < -0.39 is 5.97 Å². The first-order chi connectivity index (χ1) is 12.9. The lowest BCUT2D eigenvalue weighted by Crippen LogP contribution is -2.23. The molecule has 1 aliphatic rings. The fourth-order valence-electron chi connectivity index (χ4n) is 2.61. The van der Waals surface area contributed by atoms with Crippen molar-refractivity contribution in [1.82, 2.24) is 4.90 Å². The van der Waals surface area contributed by atoms with Gasteiger partial charge in [-0.3, -0.25) is 9.69 Å². The number of amides is 1.